The molecule has 1 aromatic carbocycles. The van der Waals surface area contributed by atoms with Crippen LogP contribution in [0.3, 0.4) is 0 Å². The minimum atomic E-state index is -0.316. The van der Waals surface area contributed by atoms with Gasteiger partial charge in [-0.2, -0.15) is 0 Å². The summed E-state index contributed by atoms with van der Waals surface area (Å²) >= 11 is 0. The van der Waals surface area contributed by atoms with E-state index in [2.05, 4.69) is 53.9 Å². The number of aromatic nitrogens is 5. The number of benzene rings is 1. The summed E-state index contributed by atoms with van der Waals surface area (Å²) in [6.45, 7) is 3.36. The number of hydrogen-bond donors (Lipinski definition) is 1. The first-order chi connectivity index (χ1) is 14.1. The van der Waals surface area contributed by atoms with Gasteiger partial charge in [0.25, 0.3) is 5.91 Å². The Morgan fingerprint density at radius 2 is 2.17 bits per heavy atom. The lowest BCUT2D eigenvalue weighted by molar-refractivity contribution is 0.101. The van der Waals surface area contributed by atoms with E-state index in [4.69, 9.17) is 0 Å². The number of amides is 1. The molecule has 0 saturated heterocycles. The maximum absolute atomic E-state index is 12.7. The molecule has 1 unspecified atom stereocenters. The number of allylic oxidation sites excluding steroid dienone is 4. The van der Waals surface area contributed by atoms with Crippen LogP contribution in [0.15, 0.2) is 61.0 Å². The van der Waals surface area contributed by atoms with E-state index in [9.17, 15) is 4.79 Å². The normalized spacial score (nSPS) is 13.4. The summed E-state index contributed by atoms with van der Waals surface area (Å²) in [5, 5.41) is 8.25. The third-order valence-corrected chi connectivity index (χ3v) is 5.59. The van der Waals surface area contributed by atoms with E-state index in [-0.39, 0.29) is 11.7 Å². The standard InChI is InChI=1S/C21H23N6OP/c1-15-9-17(11-26-8-7-22-13-26)10-18(19(15)29)24-21(28)20-23-14-27(25-20)12-16-5-3-2-4-6-16/h2-3,5,7-10,13-14H,4,6,11-12,29H2,1H3,(H,24,28). The number of hydrogen-bond acceptors (Lipinski definition) is 4. The molecule has 0 fully saturated rings. The summed E-state index contributed by atoms with van der Waals surface area (Å²) in [5.74, 6) is -0.150. The predicted octanol–water partition coefficient (Wildman–Crippen LogP) is 2.86. The number of anilines is 1. The molecule has 2 aromatic heterocycles. The van der Waals surface area contributed by atoms with Gasteiger partial charge in [-0.3, -0.25) is 4.79 Å². The molecule has 0 saturated carbocycles. The molecule has 1 aliphatic carbocycles. The summed E-state index contributed by atoms with van der Waals surface area (Å²) in [4.78, 5) is 21.0. The predicted molar refractivity (Wildman–Crippen MR) is 116 cm³/mol. The van der Waals surface area contributed by atoms with Crippen molar-refractivity contribution >= 4 is 26.1 Å². The second-order valence-corrected chi connectivity index (χ2v) is 7.70. The molecule has 0 radical (unpaired) electrons. The van der Waals surface area contributed by atoms with Crippen LogP contribution in [-0.4, -0.2) is 30.2 Å². The van der Waals surface area contributed by atoms with Gasteiger partial charge < -0.3 is 9.88 Å². The highest BCUT2D eigenvalue weighted by molar-refractivity contribution is 7.28. The number of carbonyl (C=O) groups excluding carboxylic acids is 1. The number of rotatable bonds is 6. The largest absolute Gasteiger partial charge is 0.333 e. The van der Waals surface area contributed by atoms with Gasteiger partial charge in [0.2, 0.25) is 5.82 Å². The van der Waals surface area contributed by atoms with Crippen molar-refractivity contribution in [3.63, 3.8) is 0 Å². The van der Waals surface area contributed by atoms with Crippen molar-refractivity contribution in [3.8, 4) is 0 Å². The average Bonchev–Trinajstić information content (AvgIpc) is 3.39. The van der Waals surface area contributed by atoms with Crippen molar-refractivity contribution < 1.29 is 4.79 Å². The SMILES string of the molecule is Cc1cc(Cn2ccnc2)cc(NC(=O)c2ncn(CC3=CC=CCC3)n2)c1P. The molecule has 1 aliphatic rings. The van der Waals surface area contributed by atoms with Gasteiger partial charge in [0.15, 0.2) is 0 Å². The van der Waals surface area contributed by atoms with E-state index < -0.39 is 0 Å². The number of nitrogens with zero attached hydrogens (tertiary/aromatic N) is 5. The Morgan fingerprint density at radius 3 is 2.93 bits per heavy atom. The van der Waals surface area contributed by atoms with Crippen molar-refractivity contribution in [3.05, 3.63) is 77.9 Å². The van der Waals surface area contributed by atoms with Gasteiger partial charge in [-0.05, 0) is 47.8 Å². The van der Waals surface area contributed by atoms with Crippen LogP contribution in [-0.2, 0) is 13.1 Å². The summed E-state index contributed by atoms with van der Waals surface area (Å²) in [6.07, 6.45) is 15.4. The molecule has 29 heavy (non-hydrogen) atoms. The minimum Gasteiger partial charge on any atom is -0.333 e. The molecular formula is C21H23N6OP. The molecule has 2 heterocycles. The molecule has 1 atom stereocenters. The van der Waals surface area contributed by atoms with Gasteiger partial charge in [0.1, 0.15) is 6.33 Å². The number of imidazole rings is 1. The Kier molecular flexibility index (Phi) is 5.67. The monoisotopic (exact) mass is 406 g/mol. The van der Waals surface area contributed by atoms with Gasteiger partial charge in [0, 0.05) is 24.6 Å². The molecule has 148 valence electrons. The lowest BCUT2D eigenvalue weighted by Gasteiger charge is -2.13. The van der Waals surface area contributed by atoms with Crippen LogP contribution < -0.4 is 10.6 Å². The molecule has 8 heteroatoms. The molecule has 0 spiro atoms. The van der Waals surface area contributed by atoms with Crippen molar-refractivity contribution in [2.75, 3.05) is 5.32 Å². The zero-order valence-corrected chi connectivity index (χ0v) is 17.4. The maximum atomic E-state index is 12.7. The molecule has 1 N–H and O–H groups in total. The van der Waals surface area contributed by atoms with Gasteiger partial charge in [-0.15, -0.1) is 14.3 Å². The maximum Gasteiger partial charge on any atom is 0.295 e. The Morgan fingerprint density at radius 1 is 1.28 bits per heavy atom. The van der Waals surface area contributed by atoms with E-state index >= 15 is 0 Å². The Balaban J connectivity index is 1.48. The second kappa shape index (κ2) is 8.53. The number of nitrogens with one attached hydrogen (secondary N) is 1. The fourth-order valence-corrected chi connectivity index (χ4v) is 3.54. The van der Waals surface area contributed by atoms with Gasteiger partial charge in [-0.25, -0.2) is 14.6 Å². The summed E-state index contributed by atoms with van der Waals surface area (Å²) in [5.41, 5.74) is 4.18. The van der Waals surface area contributed by atoms with Crippen LogP contribution >= 0.6 is 9.24 Å². The van der Waals surface area contributed by atoms with E-state index in [1.807, 2.05) is 23.8 Å². The third-order valence-electron chi connectivity index (χ3n) is 4.82. The highest BCUT2D eigenvalue weighted by atomic mass is 31.0. The van der Waals surface area contributed by atoms with Crippen molar-refractivity contribution in [2.45, 2.75) is 32.9 Å². The molecule has 0 bridgehead atoms. The van der Waals surface area contributed by atoms with Crippen LogP contribution in [0.1, 0.15) is 34.6 Å². The second-order valence-electron chi connectivity index (χ2n) is 7.12. The summed E-state index contributed by atoms with van der Waals surface area (Å²) in [7, 11) is 2.70. The fraction of sp³-hybridized carbons (Fsp3) is 0.238. The van der Waals surface area contributed by atoms with Crippen LogP contribution in [0.25, 0.3) is 0 Å². The van der Waals surface area contributed by atoms with Crippen LogP contribution in [0.2, 0.25) is 0 Å². The third kappa shape index (κ3) is 4.69. The quantitative estimate of drug-likeness (QED) is 0.639. The smallest absolute Gasteiger partial charge is 0.295 e. The Bertz CT molecular complexity index is 1080. The van der Waals surface area contributed by atoms with Crippen molar-refractivity contribution in [2.24, 2.45) is 0 Å². The molecule has 0 aliphatic heterocycles. The molecule has 4 rings (SSSR count). The van der Waals surface area contributed by atoms with E-state index in [0.29, 0.717) is 13.1 Å². The lowest BCUT2D eigenvalue weighted by Crippen LogP contribution is -2.19. The Labute approximate surface area is 171 Å². The first kappa shape index (κ1) is 19.3. The van der Waals surface area contributed by atoms with E-state index in [0.717, 1.165) is 35.0 Å². The topological polar surface area (TPSA) is 77.6 Å². The highest BCUT2D eigenvalue weighted by Crippen LogP contribution is 2.17. The van der Waals surface area contributed by atoms with Crippen molar-refractivity contribution in [1.82, 2.24) is 24.3 Å². The van der Waals surface area contributed by atoms with Crippen LogP contribution in [0, 0.1) is 6.92 Å². The average molecular weight is 406 g/mol. The van der Waals surface area contributed by atoms with Crippen molar-refractivity contribution in [1.29, 1.82) is 0 Å². The van der Waals surface area contributed by atoms with Crippen LogP contribution in [0.5, 0.6) is 0 Å². The number of aryl methyl sites for hydroxylation is 1. The molecular weight excluding hydrogens is 383 g/mol. The molecule has 1 amide bonds. The Hall–Kier alpha value is -3.05. The zero-order chi connectivity index (χ0) is 20.2. The number of carbonyl (C=O) groups is 1. The lowest BCUT2D eigenvalue weighted by atomic mass is 10.1. The van der Waals surface area contributed by atoms with Gasteiger partial charge in [0.05, 0.1) is 12.9 Å². The first-order valence-electron chi connectivity index (χ1n) is 9.48. The summed E-state index contributed by atoms with van der Waals surface area (Å²) in [6, 6.07) is 4.08. The first-order valence-corrected chi connectivity index (χ1v) is 10.1. The van der Waals surface area contributed by atoms with Crippen LogP contribution in [0.4, 0.5) is 5.69 Å². The summed E-state index contributed by atoms with van der Waals surface area (Å²) < 4.78 is 3.70. The zero-order valence-electron chi connectivity index (χ0n) is 16.2. The highest BCUT2D eigenvalue weighted by Gasteiger charge is 2.15. The fourth-order valence-electron chi connectivity index (χ4n) is 3.30. The minimum absolute atomic E-state index is 0.166. The molecule has 3 aromatic rings. The van der Waals surface area contributed by atoms with Gasteiger partial charge in [-0.1, -0.05) is 24.3 Å². The van der Waals surface area contributed by atoms with E-state index in [1.54, 1.807) is 23.5 Å². The van der Waals surface area contributed by atoms with E-state index in [1.165, 1.54) is 5.57 Å². The van der Waals surface area contributed by atoms with Gasteiger partial charge >= 0.3 is 0 Å². The molecule has 7 nitrogen and oxygen atoms in total.